The van der Waals surface area contributed by atoms with Crippen molar-refractivity contribution >= 4 is 23.6 Å². The van der Waals surface area contributed by atoms with Gasteiger partial charge in [0.05, 0.1) is 6.33 Å². The monoisotopic (exact) mass is 259 g/mol. The molecule has 0 bridgehead atoms. The molecule has 0 unspecified atom stereocenters. The normalized spacial score (nSPS) is 10.5. The van der Waals surface area contributed by atoms with Gasteiger partial charge < -0.3 is 10.3 Å². The Morgan fingerprint density at radius 3 is 2.82 bits per heavy atom. The van der Waals surface area contributed by atoms with Crippen LogP contribution in [0.5, 0.6) is 0 Å². The van der Waals surface area contributed by atoms with Crippen LogP contribution in [0, 0.1) is 0 Å². The van der Waals surface area contributed by atoms with Gasteiger partial charge in [-0.15, -0.1) is 12.4 Å². The smallest absolute Gasteiger partial charge is 0.329 e. The number of halogens is 1. The molecule has 2 aromatic heterocycles. The Kier molecular flexibility index (Phi) is 4.08. The van der Waals surface area contributed by atoms with Gasteiger partial charge in [0.2, 0.25) is 0 Å². The van der Waals surface area contributed by atoms with Crippen LogP contribution in [0.25, 0.3) is 11.2 Å². The third-order valence-corrected chi connectivity index (χ3v) is 2.48. The van der Waals surface area contributed by atoms with Crippen LogP contribution < -0.4 is 17.0 Å². The molecular weight excluding hydrogens is 246 g/mol. The molecular formula is C9H14ClN5O2. The minimum atomic E-state index is -0.457. The Hall–Kier alpha value is -1.60. The molecule has 0 aliphatic rings. The van der Waals surface area contributed by atoms with Crippen molar-refractivity contribution in [3.05, 3.63) is 27.2 Å². The second kappa shape index (κ2) is 5.15. The second-order valence-corrected chi connectivity index (χ2v) is 3.57. The number of H-pyrrole nitrogens is 1. The second-order valence-electron chi connectivity index (χ2n) is 3.57. The number of nitrogens with zero attached hydrogens (tertiary/aromatic N) is 3. The van der Waals surface area contributed by atoms with E-state index in [1.807, 2.05) is 0 Å². The van der Waals surface area contributed by atoms with E-state index in [2.05, 4.69) is 9.97 Å². The highest BCUT2D eigenvalue weighted by Gasteiger charge is 2.10. The molecule has 17 heavy (non-hydrogen) atoms. The number of aromatic nitrogens is 4. The first-order valence-corrected chi connectivity index (χ1v) is 4.99. The van der Waals surface area contributed by atoms with Crippen molar-refractivity contribution in [2.45, 2.75) is 13.0 Å². The first kappa shape index (κ1) is 13.5. The number of aromatic amines is 1. The fourth-order valence-electron chi connectivity index (χ4n) is 1.62. The van der Waals surface area contributed by atoms with E-state index in [0.29, 0.717) is 24.3 Å². The Bertz CT molecular complexity index is 626. The minimum Gasteiger partial charge on any atom is -0.330 e. The number of hydrogen-bond acceptors (Lipinski definition) is 4. The number of imidazole rings is 1. The van der Waals surface area contributed by atoms with Gasteiger partial charge >= 0.3 is 5.69 Å². The van der Waals surface area contributed by atoms with Gasteiger partial charge in [0, 0.05) is 13.6 Å². The summed E-state index contributed by atoms with van der Waals surface area (Å²) >= 11 is 0. The zero-order valence-electron chi connectivity index (χ0n) is 9.34. The molecule has 0 fully saturated rings. The topological polar surface area (TPSA) is 98.7 Å². The highest BCUT2D eigenvalue weighted by atomic mass is 35.5. The molecule has 0 saturated carbocycles. The average molecular weight is 260 g/mol. The van der Waals surface area contributed by atoms with Crippen LogP contribution in [0.4, 0.5) is 0 Å². The molecule has 0 atom stereocenters. The van der Waals surface area contributed by atoms with E-state index in [4.69, 9.17) is 5.73 Å². The molecule has 0 aliphatic carbocycles. The molecule has 0 saturated heterocycles. The zero-order chi connectivity index (χ0) is 11.7. The lowest BCUT2D eigenvalue weighted by Gasteiger charge is -2.02. The Labute approximate surface area is 103 Å². The molecule has 94 valence electrons. The van der Waals surface area contributed by atoms with Crippen LogP contribution >= 0.6 is 12.4 Å². The number of fused-ring (bicyclic) bond motifs is 1. The van der Waals surface area contributed by atoms with Crippen LogP contribution in [0.1, 0.15) is 6.42 Å². The summed E-state index contributed by atoms with van der Waals surface area (Å²) in [4.78, 5) is 29.3. The van der Waals surface area contributed by atoms with Crippen molar-refractivity contribution in [1.82, 2.24) is 19.1 Å². The molecule has 2 heterocycles. The van der Waals surface area contributed by atoms with E-state index in [0.717, 1.165) is 6.42 Å². The van der Waals surface area contributed by atoms with Crippen molar-refractivity contribution < 1.29 is 0 Å². The molecule has 7 nitrogen and oxygen atoms in total. The fourth-order valence-corrected chi connectivity index (χ4v) is 1.62. The number of hydrogen-bond donors (Lipinski definition) is 2. The van der Waals surface area contributed by atoms with Crippen molar-refractivity contribution in [2.75, 3.05) is 6.54 Å². The van der Waals surface area contributed by atoms with Gasteiger partial charge in [0.1, 0.15) is 0 Å². The van der Waals surface area contributed by atoms with Crippen LogP contribution in [0.15, 0.2) is 15.9 Å². The summed E-state index contributed by atoms with van der Waals surface area (Å²) in [7, 11) is 1.57. The third-order valence-electron chi connectivity index (χ3n) is 2.48. The zero-order valence-corrected chi connectivity index (χ0v) is 10.2. The highest BCUT2D eigenvalue weighted by Crippen LogP contribution is 2.04. The van der Waals surface area contributed by atoms with Gasteiger partial charge in [0.25, 0.3) is 5.56 Å². The summed E-state index contributed by atoms with van der Waals surface area (Å²) in [5.41, 5.74) is 5.35. The SMILES string of the molecule is Cl.Cn1c(=O)[nH]c(=O)c2c1ncn2CCCN. The maximum absolute atomic E-state index is 11.6. The lowest BCUT2D eigenvalue weighted by Crippen LogP contribution is -2.29. The van der Waals surface area contributed by atoms with Crippen LogP contribution in [-0.2, 0) is 13.6 Å². The van der Waals surface area contributed by atoms with Crippen molar-refractivity contribution in [3.8, 4) is 0 Å². The molecule has 0 amide bonds. The maximum Gasteiger partial charge on any atom is 0.329 e. The molecule has 0 radical (unpaired) electrons. The summed E-state index contributed by atoms with van der Waals surface area (Å²) in [5.74, 6) is 0. The first-order chi connectivity index (χ1) is 7.65. The van der Waals surface area contributed by atoms with Crippen molar-refractivity contribution in [3.63, 3.8) is 0 Å². The predicted octanol–water partition coefficient (Wildman–Crippen LogP) is -0.806. The standard InChI is InChI=1S/C9H13N5O2.ClH/c1-13-7-6(8(15)12-9(13)16)14(5-11-7)4-2-3-10;/h5H,2-4,10H2,1H3,(H,12,15,16);1H. The quantitative estimate of drug-likeness (QED) is 0.753. The summed E-state index contributed by atoms with van der Waals surface area (Å²) in [6.07, 6.45) is 2.31. The molecule has 3 N–H and O–H groups in total. The molecule has 0 aliphatic heterocycles. The summed E-state index contributed by atoms with van der Waals surface area (Å²) in [5, 5.41) is 0. The van der Waals surface area contributed by atoms with Gasteiger partial charge in [-0.1, -0.05) is 0 Å². The molecule has 2 rings (SSSR count). The van der Waals surface area contributed by atoms with E-state index in [1.165, 1.54) is 4.57 Å². The number of aryl methyl sites for hydroxylation is 2. The average Bonchev–Trinajstić information content (AvgIpc) is 2.67. The van der Waals surface area contributed by atoms with E-state index in [1.54, 1.807) is 17.9 Å². The molecule has 8 heteroatoms. The van der Waals surface area contributed by atoms with Crippen LogP contribution in [-0.4, -0.2) is 25.6 Å². The lowest BCUT2D eigenvalue weighted by atomic mass is 10.4. The Morgan fingerprint density at radius 1 is 1.47 bits per heavy atom. The summed E-state index contributed by atoms with van der Waals surface area (Å²) < 4.78 is 3.02. The van der Waals surface area contributed by atoms with Gasteiger partial charge in [-0.25, -0.2) is 9.78 Å². The van der Waals surface area contributed by atoms with Gasteiger partial charge in [-0.05, 0) is 13.0 Å². The molecule has 0 spiro atoms. The lowest BCUT2D eigenvalue weighted by molar-refractivity contribution is 0.663. The van der Waals surface area contributed by atoms with E-state index in [9.17, 15) is 9.59 Å². The van der Waals surface area contributed by atoms with Crippen LogP contribution in [0.2, 0.25) is 0 Å². The minimum absolute atomic E-state index is 0. The number of rotatable bonds is 3. The van der Waals surface area contributed by atoms with E-state index >= 15 is 0 Å². The summed E-state index contributed by atoms with van der Waals surface area (Å²) in [6.45, 7) is 1.16. The van der Waals surface area contributed by atoms with Gasteiger partial charge in [-0.2, -0.15) is 0 Å². The number of nitrogens with two attached hydrogens (primary N) is 1. The van der Waals surface area contributed by atoms with Crippen LogP contribution in [0.3, 0.4) is 0 Å². The third kappa shape index (κ3) is 2.25. The predicted molar refractivity (Wildman–Crippen MR) is 66.5 cm³/mol. The Balaban J connectivity index is 0.00000144. The first-order valence-electron chi connectivity index (χ1n) is 4.99. The largest absolute Gasteiger partial charge is 0.330 e. The fraction of sp³-hybridized carbons (Fsp3) is 0.444. The van der Waals surface area contributed by atoms with Gasteiger partial charge in [-0.3, -0.25) is 14.3 Å². The maximum atomic E-state index is 11.6. The Morgan fingerprint density at radius 2 is 2.18 bits per heavy atom. The van der Waals surface area contributed by atoms with Crippen molar-refractivity contribution in [2.24, 2.45) is 12.8 Å². The van der Waals surface area contributed by atoms with Gasteiger partial charge in [0.15, 0.2) is 11.2 Å². The molecule has 0 aromatic carbocycles. The van der Waals surface area contributed by atoms with E-state index in [-0.39, 0.29) is 12.4 Å². The van der Waals surface area contributed by atoms with Crippen molar-refractivity contribution in [1.29, 1.82) is 0 Å². The summed E-state index contributed by atoms with van der Waals surface area (Å²) in [6, 6.07) is 0. The number of nitrogens with one attached hydrogen (secondary N) is 1. The highest BCUT2D eigenvalue weighted by molar-refractivity contribution is 5.85. The molecule has 2 aromatic rings. The van der Waals surface area contributed by atoms with E-state index < -0.39 is 11.2 Å².